The summed E-state index contributed by atoms with van der Waals surface area (Å²) in [5, 5.41) is 35.1. The van der Waals surface area contributed by atoms with Crippen molar-refractivity contribution < 1.29 is 42.6 Å². The van der Waals surface area contributed by atoms with E-state index in [9.17, 15) is 24.1 Å². The minimum absolute atomic E-state index is 0.120. The van der Waals surface area contributed by atoms with Crippen LogP contribution < -0.4 is 5.73 Å². The highest BCUT2D eigenvalue weighted by Gasteiger charge is 2.54. The van der Waals surface area contributed by atoms with E-state index in [-0.39, 0.29) is 30.2 Å². The number of nitrogens with zero attached hydrogens (tertiary/aromatic N) is 4. The summed E-state index contributed by atoms with van der Waals surface area (Å²) in [6.45, 7) is 2.82. The highest BCUT2D eigenvalue weighted by atomic mass is 31.2. The van der Waals surface area contributed by atoms with Gasteiger partial charge in [-0.25, -0.2) is 18.5 Å². The van der Waals surface area contributed by atoms with Gasteiger partial charge in [0.1, 0.15) is 41.6 Å². The number of anilines is 1. The third-order valence-corrected chi connectivity index (χ3v) is 11.7. The number of phosphoric ester groups is 1. The number of rotatable bonds is 28. The minimum Gasteiger partial charge on any atom is -0.387 e. The average Bonchev–Trinajstić information content (AvgIpc) is 3.73. The number of nitrogen functional groups attached to an aromatic ring is 1. The van der Waals surface area contributed by atoms with Gasteiger partial charge in [0.15, 0.2) is 5.82 Å². The fourth-order valence-electron chi connectivity index (χ4n) is 7.29. The number of aliphatic hydroxyl groups is 2. The predicted molar refractivity (Wildman–Crippen MR) is 212 cm³/mol. The number of hydrogen-bond acceptors (Lipinski definition) is 11. The molecule has 13 nitrogen and oxygen atoms in total. The Morgan fingerprint density at radius 2 is 1.57 bits per heavy atom. The van der Waals surface area contributed by atoms with Gasteiger partial charge in [-0.3, -0.25) is 9.05 Å². The molecule has 2 aromatic heterocycles. The van der Waals surface area contributed by atoms with Crippen molar-refractivity contribution in [2.45, 2.75) is 166 Å². The Labute approximate surface area is 331 Å². The molecule has 6 atom stereocenters. The Balaban J connectivity index is 1.19. The van der Waals surface area contributed by atoms with E-state index >= 15 is 0 Å². The number of unbranched alkanes of at least 4 members (excludes halogenated alkanes) is 16. The largest absolute Gasteiger partial charge is 0.472 e. The zero-order chi connectivity index (χ0) is 40.4. The summed E-state index contributed by atoms with van der Waals surface area (Å²) in [5.41, 5.74) is 5.80. The number of nitriles is 1. The highest BCUT2D eigenvalue weighted by Crippen LogP contribution is 2.46. The molecule has 15 heteroatoms. The smallest absolute Gasteiger partial charge is 0.387 e. The average molecular weight is 804 g/mol. The first kappa shape index (κ1) is 45.7. The highest BCUT2D eigenvalue weighted by molar-refractivity contribution is 7.47. The molecule has 5 N–H and O–H groups in total. The van der Waals surface area contributed by atoms with E-state index in [4.69, 9.17) is 29.5 Å². The van der Waals surface area contributed by atoms with Crippen molar-refractivity contribution in [2.24, 2.45) is 0 Å². The summed E-state index contributed by atoms with van der Waals surface area (Å²) in [5.74, 6) is -0.360. The van der Waals surface area contributed by atoms with Crippen LogP contribution in [0.15, 0.2) is 36.7 Å². The molecule has 0 aliphatic carbocycles. The van der Waals surface area contributed by atoms with Crippen LogP contribution in [-0.2, 0) is 35.3 Å². The zero-order valence-electron chi connectivity index (χ0n) is 33.2. The standard InChI is InChI=1S/C41H63FN5O8P/c1-3-4-5-6-7-8-9-10-11-12-13-14-15-16-17-18-19-20-33(52-27-32-22-21-31(26-43)25-34(32)42)28-53-56(50,51)54-29-36-38(48)39(49)41(2,55-36)37-24-23-35-40(44)45-30-46-47(35)37/h21-25,30,33,36,38-39,48-49H,3-20,27-29H2,1-2H3,(H,50,51)(H2,44,45,46)/t33-,36-,38-,39-,41+/m1/s1. The van der Waals surface area contributed by atoms with Gasteiger partial charge in [0.05, 0.1) is 43.3 Å². The van der Waals surface area contributed by atoms with E-state index in [1.165, 1.54) is 106 Å². The maximum atomic E-state index is 14.6. The van der Waals surface area contributed by atoms with Gasteiger partial charge in [-0.2, -0.15) is 10.4 Å². The lowest BCUT2D eigenvalue weighted by atomic mass is 9.93. The monoisotopic (exact) mass is 803 g/mol. The number of aromatic nitrogens is 3. The van der Waals surface area contributed by atoms with Crippen LogP contribution >= 0.6 is 7.82 Å². The van der Waals surface area contributed by atoms with E-state index in [0.717, 1.165) is 31.7 Å². The van der Waals surface area contributed by atoms with Crippen LogP contribution in [0.1, 0.15) is 146 Å². The molecule has 1 unspecified atom stereocenters. The van der Waals surface area contributed by atoms with Gasteiger partial charge in [-0.15, -0.1) is 0 Å². The van der Waals surface area contributed by atoms with Crippen molar-refractivity contribution in [3.8, 4) is 6.07 Å². The van der Waals surface area contributed by atoms with E-state index in [2.05, 4.69) is 17.0 Å². The molecule has 0 bridgehead atoms. The van der Waals surface area contributed by atoms with Crippen molar-refractivity contribution in [3.63, 3.8) is 0 Å². The molecule has 1 saturated heterocycles. The van der Waals surface area contributed by atoms with Crippen molar-refractivity contribution >= 4 is 19.2 Å². The summed E-state index contributed by atoms with van der Waals surface area (Å²) in [6, 6.07) is 9.33. The second-order valence-corrected chi connectivity index (χ2v) is 16.7. The first-order chi connectivity index (χ1) is 27.0. The van der Waals surface area contributed by atoms with Crippen molar-refractivity contribution in [1.82, 2.24) is 14.6 Å². The van der Waals surface area contributed by atoms with Gasteiger partial charge in [0.2, 0.25) is 0 Å². The van der Waals surface area contributed by atoms with Crippen molar-refractivity contribution in [2.75, 3.05) is 18.9 Å². The Kier molecular flexibility index (Phi) is 19.1. The number of benzene rings is 1. The Morgan fingerprint density at radius 3 is 2.16 bits per heavy atom. The molecule has 3 aromatic rings. The zero-order valence-corrected chi connectivity index (χ0v) is 34.1. The van der Waals surface area contributed by atoms with Crippen LogP contribution in [0.25, 0.3) is 5.52 Å². The summed E-state index contributed by atoms with van der Waals surface area (Å²) in [4.78, 5) is 14.6. The molecule has 3 heterocycles. The van der Waals surface area contributed by atoms with Gasteiger partial charge in [0.25, 0.3) is 0 Å². The number of ether oxygens (including phenoxy) is 2. The van der Waals surface area contributed by atoms with Crippen molar-refractivity contribution in [3.05, 3.63) is 59.3 Å². The van der Waals surface area contributed by atoms with Gasteiger partial charge >= 0.3 is 7.82 Å². The molecular formula is C41H63FN5O8P. The number of nitrogens with two attached hydrogens (primary N) is 1. The number of phosphoric acid groups is 1. The molecule has 0 amide bonds. The number of aliphatic hydroxyl groups excluding tert-OH is 2. The van der Waals surface area contributed by atoms with Crippen LogP contribution in [0.3, 0.4) is 0 Å². The molecule has 0 saturated carbocycles. The topological polar surface area (TPSA) is 195 Å². The van der Waals surface area contributed by atoms with E-state index in [1.807, 2.05) is 6.07 Å². The molecule has 1 aliphatic heterocycles. The molecule has 312 valence electrons. The molecule has 1 fully saturated rings. The summed E-state index contributed by atoms with van der Waals surface area (Å²) < 4.78 is 51.7. The summed E-state index contributed by atoms with van der Waals surface area (Å²) in [7, 11) is -4.69. The molecule has 1 aliphatic rings. The third kappa shape index (κ3) is 13.8. The SMILES string of the molecule is CCCCCCCCCCCCCCCCCCC[C@H](COP(=O)(O)OC[C@H]1O[C@@](C)(c2ccc3c(N)ncnn23)[C@H](O)[C@@H]1O)OCc1ccc(C#N)cc1F. The first-order valence-corrected chi connectivity index (χ1v) is 22.0. The predicted octanol–water partition coefficient (Wildman–Crippen LogP) is 8.42. The maximum Gasteiger partial charge on any atom is 0.472 e. The molecular weight excluding hydrogens is 740 g/mol. The number of hydrogen-bond donors (Lipinski definition) is 4. The van der Waals surface area contributed by atoms with Crippen LogP contribution in [-0.4, -0.2) is 67.3 Å². The molecule has 4 rings (SSSR count). The van der Waals surface area contributed by atoms with Crippen LogP contribution in [0, 0.1) is 17.1 Å². The Bertz CT molecular complexity index is 1710. The second-order valence-electron chi connectivity index (χ2n) is 15.2. The van der Waals surface area contributed by atoms with E-state index in [1.54, 1.807) is 19.1 Å². The van der Waals surface area contributed by atoms with Crippen LogP contribution in [0.4, 0.5) is 10.2 Å². The van der Waals surface area contributed by atoms with Crippen molar-refractivity contribution in [1.29, 1.82) is 5.26 Å². The fourth-order valence-corrected chi connectivity index (χ4v) is 8.06. The minimum atomic E-state index is -4.69. The van der Waals surface area contributed by atoms with Crippen LogP contribution in [0.2, 0.25) is 0 Å². The fraction of sp³-hybridized carbons (Fsp3) is 0.683. The first-order valence-electron chi connectivity index (χ1n) is 20.5. The Hall–Kier alpha value is -2.99. The van der Waals surface area contributed by atoms with Gasteiger partial charge < -0.3 is 30.3 Å². The van der Waals surface area contributed by atoms with Crippen LogP contribution in [0.5, 0.6) is 0 Å². The lowest BCUT2D eigenvalue weighted by molar-refractivity contribution is -0.0894. The molecule has 0 radical (unpaired) electrons. The van der Waals surface area contributed by atoms with Gasteiger partial charge in [0, 0.05) is 5.56 Å². The Morgan fingerprint density at radius 1 is 0.964 bits per heavy atom. The molecule has 0 spiro atoms. The summed E-state index contributed by atoms with van der Waals surface area (Å²) in [6.07, 6.45) is 18.2. The number of halogens is 1. The lowest BCUT2D eigenvalue weighted by Crippen LogP contribution is -2.39. The normalized spacial score (nSPS) is 21.3. The molecule has 1 aromatic carbocycles. The van der Waals surface area contributed by atoms with Gasteiger partial charge in [-0.05, 0) is 37.6 Å². The molecule has 56 heavy (non-hydrogen) atoms. The van der Waals surface area contributed by atoms with E-state index < -0.39 is 50.3 Å². The van der Waals surface area contributed by atoms with Gasteiger partial charge in [-0.1, -0.05) is 122 Å². The quantitative estimate of drug-likeness (QED) is 0.0405. The summed E-state index contributed by atoms with van der Waals surface area (Å²) >= 11 is 0. The number of fused-ring (bicyclic) bond motifs is 1. The van der Waals surface area contributed by atoms with E-state index in [0.29, 0.717) is 17.6 Å². The second kappa shape index (κ2) is 23.4. The lowest BCUT2D eigenvalue weighted by Gasteiger charge is -2.27. The maximum absolute atomic E-state index is 14.6. The third-order valence-electron chi connectivity index (χ3n) is 10.8.